The molecule has 0 aliphatic rings. The molecule has 0 bridgehead atoms. The third-order valence-corrected chi connectivity index (χ3v) is 5.58. The molecule has 0 saturated carbocycles. The first kappa shape index (κ1) is 18.1. The highest BCUT2D eigenvalue weighted by molar-refractivity contribution is 7.22. The number of benzene rings is 1. The number of nitrogens with zero attached hydrogens (tertiary/aromatic N) is 5. The van der Waals surface area contributed by atoms with Crippen molar-refractivity contribution >= 4 is 32.6 Å². The van der Waals surface area contributed by atoms with E-state index in [-0.39, 0.29) is 5.91 Å². The number of carbonyl (C=O) groups is 1. The summed E-state index contributed by atoms with van der Waals surface area (Å²) in [5.41, 5.74) is 2.97. The molecule has 0 saturated heterocycles. The predicted octanol–water partition coefficient (Wildman–Crippen LogP) is 3.59. The number of anilines is 1. The van der Waals surface area contributed by atoms with Crippen LogP contribution in [0.25, 0.3) is 10.2 Å². The van der Waals surface area contributed by atoms with Gasteiger partial charge in [-0.15, -0.1) is 0 Å². The molecule has 0 aliphatic carbocycles. The van der Waals surface area contributed by atoms with E-state index in [1.807, 2.05) is 37.3 Å². The summed E-state index contributed by atoms with van der Waals surface area (Å²) in [6, 6.07) is 11.2. The SMILES string of the molecule is COc1ccc(C)c2sc(N(Cc3ccccn3)C(=O)c3ccn(C)n3)nc12. The van der Waals surface area contributed by atoms with Gasteiger partial charge in [0, 0.05) is 19.4 Å². The lowest BCUT2D eigenvalue weighted by Crippen LogP contribution is -2.31. The standard InChI is InChI=1S/C20H19N5O2S/c1-13-7-8-16(27-3)17-18(13)28-20(22-17)25(12-14-6-4-5-10-21-14)19(26)15-9-11-24(2)23-15/h4-11H,12H2,1-3H3. The molecule has 0 radical (unpaired) electrons. The molecule has 1 amide bonds. The molecule has 0 fully saturated rings. The molecule has 0 aliphatic heterocycles. The van der Waals surface area contributed by atoms with Gasteiger partial charge < -0.3 is 4.74 Å². The number of aromatic nitrogens is 4. The lowest BCUT2D eigenvalue weighted by molar-refractivity contribution is 0.0979. The summed E-state index contributed by atoms with van der Waals surface area (Å²) in [5, 5.41) is 4.85. The van der Waals surface area contributed by atoms with Gasteiger partial charge in [-0.25, -0.2) is 4.98 Å². The van der Waals surface area contributed by atoms with Crippen LogP contribution >= 0.6 is 11.3 Å². The summed E-state index contributed by atoms with van der Waals surface area (Å²) in [6.07, 6.45) is 3.46. The van der Waals surface area contributed by atoms with Crippen LogP contribution in [0, 0.1) is 6.92 Å². The van der Waals surface area contributed by atoms with E-state index in [1.165, 1.54) is 11.3 Å². The highest BCUT2D eigenvalue weighted by atomic mass is 32.1. The first-order valence-electron chi connectivity index (χ1n) is 8.72. The van der Waals surface area contributed by atoms with Gasteiger partial charge >= 0.3 is 0 Å². The molecule has 3 aromatic heterocycles. The Hall–Kier alpha value is -3.26. The monoisotopic (exact) mass is 393 g/mol. The van der Waals surface area contributed by atoms with Crippen LogP contribution in [-0.4, -0.2) is 32.8 Å². The van der Waals surface area contributed by atoms with Gasteiger partial charge in [-0.2, -0.15) is 5.10 Å². The molecule has 142 valence electrons. The van der Waals surface area contributed by atoms with Gasteiger partial charge in [-0.05, 0) is 36.8 Å². The van der Waals surface area contributed by atoms with Crippen molar-refractivity contribution in [2.75, 3.05) is 12.0 Å². The molecule has 4 aromatic rings. The number of aryl methyl sites for hydroxylation is 2. The summed E-state index contributed by atoms with van der Waals surface area (Å²) in [5.74, 6) is 0.466. The summed E-state index contributed by atoms with van der Waals surface area (Å²) in [7, 11) is 3.40. The lowest BCUT2D eigenvalue weighted by atomic mass is 10.2. The number of hydrogen-bond acceptors (Lipinski definition) is 6. The Morgan fingerprint density at radius 3 is 2.79 bits per heavy atom. The number of methoxy groups -OCH3 is 1. The van der Waals surface area contributed by atoms with E-state index < -0.39 is 0 Å². The van der Waals surface area contributed by atoms with E-state index in [0.29, 0.717) is 23.1 Å². The van der Waals surface area contributed by atoms with Crippen molar-refractivity contribution in [3.8, 4) is 5.75 Å². The Balaban J connectivity index is 1.82. The van der Waals surface area contributed by atoms with Crippen molar-refractivity contribution < 1.29 is 9.53 Å². The van der Waals surface area contributed by atoms with Gasteiger partial charge in [0.1, 0.15) is 11.3 Å². The zero-order valence-corrected chi connectivity index (χ0v) is 16.6. The number of fused-ring (bicyclic) bond motifs is 1. The average Bonchev–Trinajstić information content (AvgIpc) is 3.34. The van der Waals surface area contributed by atoms with Crippen molar-refractivity contribution in [1.29, 1.82) is 0 Å². The first-order valence-corrected chi connectivity index (χ1v) is 9.54. The topological polar surface area (TPSA) is 73.1 Å². The maximum absolute atomic E-state index is 13.2. The predicted molar refractivity (Wildman–Crippen MR) is 109 cm³/mol. The second-order valence-corrected chi connectivity index (χ2v) is 7.32. The fraction of sp³-hybridized carbons (Fsp3) is 0.200. The van der Waals surface area contributed by atoms with Crippen LogP contribution in [0.1, 0.15) is 21.7 Å². The highest BCUT2D eigenvalue weighted by Crippen LogP contribution is 2.37. The van der Waals surface area contributed by atoms with Crippen LogP contribution in [0.5, 0.6) is 5.75 Å². The van der Waals surface area contributed by atoms with E-state index >= 15 is 0 Å². The molecule has 0 N–H and O–H groups in total. The minimum absolute atomic E-state index is 0.220. The summed E-state index contributed by atoms with van der Waals surface area (Å²) >= 11 is 1.46. The van der Waals surface area contributed by atoms with Gasteiger partial charge in [-0.1, -0.05) is 23.5 Å². The largest absolute Gasteiger partial charge is 0.494 e. The molecule has 0 spiro atoms. The Labute approximate surface area is 166 Å². The Morgan fingerprint density at radius 1 is 1.25 bits per heavy atom. The van der Waals surface area contributed by atoms with Crippen molar-refractivity contribution in [1.82, 2.24) is 19.7 Å². The number of rotatable bonds is 5. The molecule has 7 nitrogen and oxygen atoms in total. The third-order valence-electron chi connectivity index (χ3n) is 4.37. The van der Waals surface area contributed by atoms with Crippen LogP contribution in [0.3, 0.4) is 0 Å². The van der Waals surface area contributed by atoms with E-state index in [2.05, 4.69) is 10.1 Å². The molecule has 1 aromatic carbocycles. The van der Waals surface area contributed by atoms with Crippen LogP contribution in [-0.2, 0) is 13.6 Å². The van der Waals surface area contributed by atoms with Gasteiger partial charge in [0.05, 0.1) is 24.0 Å². The minimum Gasteiger partial charge on any atom is -0.494 e. The van der Waals surface area contributed by atoms with Gasteiger partial charge in [0.2, 0.25) is 0 Å². The third kappa shape index (κ3) is 3.34. The molecular formula is C20H19N5O2S. The quantitative estimate of drug-likeness (QED) is 0.518. The molecule has 3 heterocycles. The van der Waals surface area contributed by atoms with Crippen molar-refractivity contribution in [2.45, 2.75) is 13.5 Å². The highest BCUT2D eigenvalue weighted by Gasteiger charge is 2.25. The Kier molecular flexibility index (Phi) is 4.79. The number of pyridine rings is 1. The Bertz CT molecular complexity index is 1140. The summed E-state index contributed by atoms with van der Waals surface area (Å²) < 4.78 is 8.06. The van der Waals surface area contributed by atoms with Crippen LogP contribution in [0.2, 0.25) is 0 Å². The van der Waals surface area contributed by atoms with Crippen molar-refractivity contribution in [2.24, 2.45) is 7.05 Å². The van der Waals surface area contributed by atoms with Crippen molar-refractivity contribution in [3.63, 3.8) is 0 Å². The molecule has 8 heteroatoms. The van der Waals surface area contributed by atoms with Gasteiger partial charge in [0.25, 0.3) is 5.91 Å². The molecule has 4 rings (SSSR count). The number of thiazole rings is 1. The normalized spacial score (nSPS) is 11.0. The first-order chi connectivity index (χ1) is 13.6. The zero-order chi connectivity index (χ0) is 19.7. The van der Waals surface area contributed by atoms with E-state index in [4.69, 9.17) is 9.72 Å². The molecule has 0 atom stereocenters. The van der Waals surface area contributed by atoms with Gasteiger partial charge in [-0.3, -0.25) is 19.4 Å². The Morgan fingerprint density at radius 2 is 2.11 bits per heavy atom. The number of amides is 1. The van der Waals surface area contributed by atoms with Crippen LogP contribution in [0.4, 0.5) is 5.13 Å². The smallest absolute Gasteiger partial charge is 0.280 e. The van der Waals surface area contributed by atoms with Gasteiger partial charge in [0.15, 0.2) is 10.8 Å². The molecular weight excluding hydrogens is 374 g/mol. The molecule has 0 unspecified atom stereocenters. The summed E-state index contributed by atoms with van der Waals surface area (Å²) in [6.45, 7) is 2.32. The van der Waals surface area contributed by atoms with Crippen LogP contribution < -0.4 is 9.64 Å². The maximum Gasteiger partial charge on any atom is 0.280 e. The number of hydrogen-bond donors (Lipinski definition) is 0. The van der Waals surface area contributed by atoms with Crippen LogP contribution in [0.15, 0.2) is 48.8 Å². The number of carbonyl (C=O) groups excluding carboxylic acids is 1. The molecule has 28 heavy (non-hydrogen) atoms. The second-order valence-electron chi connectivity index (χ2n) is 6.35. The number of ether oxygens (including phenoxy) is 1. The maximum atomic E-state index is 13.2. The fourth-order valence-electron chi connectivity index (χ4n) is 2.93. The second kappa shape index (κ2) is 7.40. The lowest BCUT2D eigenvalue weighted by Gasteiger charge is -2.18. The fourth-order valence-corrected chi connectivity index (χ4v) is 3.98. The van der Waals surface area contributed by atoms with Crippen molar-refractivity contribution in [3.05, 3.63) is 65.7 Å². The van der Waals surface area contributed by atoms with E-state index in [1.54, 1.807) is 42.2 Å². The zero-order valence-electron chi connectivity index (χ0n) is 15.8. The minimum atomic E-state index is -0.220. The van der Waals surface area contributed by atoms with E-state index in [0.717, 1.165) is 21.5 Å². The van der Waals surface area contributed by atoms with E-state index in [9.17, 15) is 4.79 Å². The average molecular weight is 393 g/mol. The summed E-state index contributed by atoms with van der Waals surface area (Å²) in [4.78, 5) is 23.9.